The number of alkyl halides is 2. The lowest BCUT2D eigenvalue weighted by atomic mass is 10.1. The summed E-state index contributed by atoms with van der Waals surface area (Å²) in [6.45, 7) is 1.91. The summed E-state index contributed by atoms with van der Waals surface area (Å²) in [5.41, 5.74) is -0.345. The van der Waals surface area contributed by atoms with E-state index in [1.165, 1.54) is 0 Å². The van der Waals surface area contributed by atoms with Gasteiger partial charge in [0.1, 0.15) is 12.6 Å². The second-order valence-electron chi connectivity index (χ2n) is 4.93. The van der Waals surface area contributed by atoms with Crippen LogP contribution < -0.4 is 5.69 Å². The molecule has 0 unspecified atom stereocenters. The maximum absolute atomic E-state index is 13.5. The quantitative estimate of drug-likeness (QED) is 0.805. The number of aromatic nitrogens is 3. The van der Waals surface area contributed by atoms with Crippen LogP contribution in [0, 0.1) is 11.3 Å². The number of hydrogen-bond acceptors (Lipinski definition) is 4. The number of hydrogen-bond donors (Lipinski definition) is 1. The molecule has 24 heavy (non-hydrogen) atoms. The molecule has 0 amide bonds. The van der Waals surface area contributed by atoms with Gasteiger partial charge >= 0.3 is 5.69 Å². The first-order valence-electron chi connectivity index (χ1n) is 6.80. The highest BCUT2D eigenvalue weighted by Gasteiger charge is 2.36. The van der Waals surface area contributed by atoms with Crippen LogP contribution in [0.1, 0.15) is 0 Å². The summed E-state index contributed by atoms with van der Waals surface area (Å²) in [6.07, 6.45) is -1.86. The maximum Gasteiger partial charge on any atom is 0.347 e. The summed E-state index contributed by atoms with van der Waals surface area (Å²) in [5.74, 6) is -3.53. The van der Waals surface area contributed by atoms with E-state index in [1.807, 2.05) is 0 Å². The molecule has 0 aliphatic rings. The van der Waals surface area contributed by atoms with Gasteiger partial charge in [-0.2, -0.15) is 18.7 Å². The molecular formula is C15H13ClF2N4O2. The number of benzene rings is 1. The molecule has 1 aromatic carbocycles. The zero-order valence-corrected chi connectivity index (χ0v) is 13.1. The van der Waals surface area contributed by atoms with Crippen molar-refractivity contribution in [3.63, 3.8) is 0 Å². The van der Waals surface area contributed by atoms with E-state index in [9.17, 15) is 18.7 Å². The monoisotopic (exact) mass is 354 g/mol. The van der Waals surface area contributed by atoms with Crippen molar-refractivity contribution in [3.05, 3.63) is 52.4 Å². The van der Waals surface area contributed by atoms with Crippen molar-refractivity contribution >= 4 is 11.6 Å². The Morgan fingerprint density at radius 1 is 1.46 bits per heavy atom. The van der Waals surface area contributed by atoms with Crippen molar-refractivity contribution in [2.75, 3.05) is 0 Å². The van der Waals surface area contributed by atoms with Crippen LogP contribution in [0.15, 0.2) is 41.7 Å². The van der Waals surface area contributed by atoms with E-state index < -0.39 is 24.3 Å². The molecule has 0 radical (unpaired) electrons. The average molecular weight is 355 g/mol. The summed E-state index contributed by atoms with van der Waals surface area (Å²) in [7, 11) is 0. The van der Waals surface area contributed by atoms with E-state index in [4.69, 9.17) is 16.9 Å². The van der Waals surface area contributed by atoms with Gasteiger partial charge in [0, 0.05) is 10.6 Å². The van der Waals surface area contributed by atoms with Gasteiger partial charge in [-0.05, 0) is 30.3 Å². The number of aliphatic hydroxyl groups excluding tert-OH is 1. The molecule has 0 aliphatic carbocycles. The topological polar surface area (TPSA) is 83.8 Å². The highest BCUT2D eigenvalue weighted by Crippen LogP contribution is 2.23. The first-order valence-corrected chi connectivity index (χ1v) is 7.18. The molecule has 0 saturated carbocycles. The molecule has 0 spiro atoms. The van der Waals surface area contributed by atoms with E-state index in [-0.39, 0.29) is 12.4 Å². The summed E-state index contributed by atoms with van der Waals surface area (Å²) in [6, 6.07) is 7.95. The lowest BCUT2D eigenvalue weighted by molar-refractivity contribution is -0.0761. The van der Waals surface area contributed by atoms with Crippen molar-refractivity contribution in [2.45, 2.75) is 25.1 Å². The number of nitriles is 1. The first-order chi connectivity index (χ1) is 11.3. The molecular weight excluding hydrogens is 342 g/mol. The largest absolute Gasteiger partial charge is 0.385 e. The van der Waals surface area contributed by atoms with E-state index in [0.29, 0.717) is 16.7 Å². The van der Waals surface area contributed by atoms with E-state index in [0.717, 1.165) is 9.25 Å². The molecule has 2 rings (SSSR count). The van der Waals surface area contributed by atoms with Gasteiger partial charge in [-0.3, -0.25) is 4.57 Å². The molecule has 0 bridgehead atoms. The Bertz CT molecular complexity index is 837. The molecule has 6 nitrogen and oxygen atoms in total. The first kappa shape index (κ1) is 17.8. The van der Waals surface area contributed by atoms with Gasteiger partial charge in [-0.25, -0.2) is 4.79 Å². The van der Waals surface area contributed by atoms with Gasteiger partial charge < -0.3 is 5.11 Å². The normalized spacial score (nSPS) is 12.6. The second kappa shape index (κ2) is 6.95. The van der Waals surface area contributed by atoms with E-state index >= 15 is 0 Å². The minimum absolute atomic E-state index is 0.0471. The maximum atomic E-state index is 13.5. The van der Waals surface area contributed by atoms with Gasteiger partial charge in [0.2, 0.25) is 0 Å². The van der Waals surface area contributed by atoms with Gasteiger partial charge in [0.25, 0.3) is 5.92 Å². The summed E-state index contributed by atoms with van der Waals surface area (Å²) in [5, 5.41) is 22.9. The Labute approximate surface area is 140 Å². The molecule has 1 atom stereocenters. The van der Waals surface area contributed by atoms with Crippen LogP contribution in [-0.2, 0) is 13.1 Å². The van der Waals surface area contributed by atoms with Crippen LogP contribution in [-0.4, -0.2) is 31.5 Å². The van der Waals surface area contributed by atoms with Crippen LogP contribution in [0.3, 0.4) is 0 Å². The molecule has 1 N–H and O–H groups in total. The predicted octanol–water partition coefficient (Wildman–Crippen LogP) is 2.07. The van der Waals surface area contributed by atoms with E-state index in [2.05, 4.69) is 11.7 Å². The second-order valence-corrected chi connectivity index (χ2v) is 5.37. The SMILES string of the molecule is C=CC(F)(F)[C@@H](O)Cn1c(-c2ccc(Cl)cc2)nn(CC#N)c1=O. The van der Waals surface area contributed by atoms with Crippen molar-refractivity contribution in [2.24, 2.45) is 0 Å². The minimum atomic E-state index is -3.58. The van der Waals surface area contributed by atoms with Crippen molar-refractivity contribution in [1.29, 1.82) is 5.26 Å². The predicted molar refractivity (Wildman–Crippen MR) is 83.7 cm³/mol. The fraction of sp³-hybridized carbons (Fsp3) is 0.267. The third-order valence-corrected chi connectivity index (χ3v) is 3.57. The fourth-order valence-electron chi connectivity index (χ4n) is 2.02. The number of halogens is 3. The lowest BCUT2D eigenvalue weighted by Gasteiger charge is -2.19. The van der Waals surface area contributed by atoms with Crippen LogP contribution >= 0.6 is 11.6 Å². The molecule has 0 fully saturated rings. The molecule has 1 aromatic heterocycles. The standard InChI is InChI=1S/C15H13ClF2N4O2/c1-2-15(17,18)12(23)9-21-13(10-3-5-11(16)6-4-10)20-22(8-7-19)14(21)24/h2-6,12,23H,1,8-9H2/t12-/m0/s1. The molecule has 2 aromatic rings. The molecule has 126 valence electrons. The van der Waals surface area contributed by atoms with Gasteiger partial charge in [-0.1, -0.05) is 18.2 Å². The van der Waals surface area contributed by atoms with E-state index in [1.54, 1.807) is 30.3 Å². The van der Waals surface area contributed by atoms with Crippen LogP contribution in [0.25, 0.3) is 11.4 Å². The van der Waals surface area contributed by atoms with Crippen LogP contribution in [0.5, 0.6) is 0 Å². The Hall–Kier alpha value is -2.50. The summed E-state index contributed by atoms with van der Waals surface area (Å²) >= 11 is 5.80. The van der Waals surface area contributed by atoms with Crippen LogP contribution in [0.4, 0.5) is 8.78 Å². The van der Waals surface area contributed by atoms with Crippen LogP contribution in [0.2, 0.25) is 5.02 Å². The van der Waals surface area contributed by atoms with Gasteiger partial charge in [-0.15, -0.1) is 5.10 Å². The minimum Gasteiger partial charge on any atom is -0.385 e. The van der Waals surface area contributed by atoms with Gasteiger partial charge in [0.15, 0.2) is 5.82 Å². The molecule has 9 heteroatoms. The Morgan fingerprint density at radius 3 is 2.62 bits per heavy atom. The van der Waals surface area contributed by atoms with Crippen molar-refractivity contribution < 1.29 is 13.9 Å². The average Bonchev–Trinajstić information content (AvgIpc) is 2.85. The zero-order valence-electron chi connectivity index (χ0n) is 12.4. The molecule has 0 aliphatic heterocycles. The highest BCUT2D eigenvalue weighted by atomic mass is 35.5. The zero-order chi connectivity index (χ0) is 17.9. The summed E-state index contributed by atoms with van der Waals surface area (Å²) in [4.78, 5) is 12.3. The fourth-order valence-corrected chi connectivity index (χ4v) is 2.14. The summed E-state index contributed by atoms with van der Waals surface area (Å²) < 4.78 is 28.8. The van der Waals surface area contributed by atoms with Gasteiger partial charge in [0.05, 0.1) is 12.6 Å². The number of rotatable bonds is 6. The smallest absolute Gasteiger partial charge is 0.347 e. The Morgan fingerprint density at radius 2 is 2.08 bits per heavy atom. The third kappa shape index (κ3) is 3.53. The number of aliphatic hydroxyl groups is 1. The molecule has 0 saturated heterocycles. The molecule has 1 heterocycles. The highest BCUT2D eigenvalue weighted by molar-refractivity contribution is 6.30. The Kier molecular flexibility index (Phi) is 5.17. The van der Waals surface area contributed by atoms with Crippen molar-refractivity contribution in [3.8, 4) is 17.5 Å². The third-order valence-electron chi connectivity index (χ3n) is 3.32. The number of nitrogens with zero attached hydrogens (tertiary/aromatic N) is 4. The Balaban J connectivity index is 2.52. The lowest BCUT2D eigenvalue weighted by Crippen LogP contribution is -2.38. The van der Waals surface area contributed by atoms with Crippen molar-refractivity contribution in [1.82, 2.24) is 14.3 Å².